The van der Waals surface area contributed by atoms with Crippen LogP contribution in [0.15, 0.2) is 0 Å². The van der Waals surface area contributed by atoms with E-state index >= 15 is 0 Å². The summed E-state index contributed by atoms with van der Waals surface area (Å²) in [5.74, 6) is 3.62. The molecule has 1 aromatic heterocycles. The van der Waals surface area contributed by atoms with E-state index in [0.717, 1.165) is 30.4 Å². The maximum absolute atomic E-state index is 4.80. The minimum Gasteiger partial charge on any atom is -0.369 e. The van der Waals surface area contributed by atoms with E-state index in [2.05, 4.69) is 48.7 Å². The first-order valence-corrected chi connectivity index (χ1v) is 9.16. The van der Waals surface area contributed by atoms with Crippen LogP contribution in [0.25, 0.3) is 0 Å². The van der Waals surface area contributed by atoms with E-state index < -0.39 is 0 Å². The van der Waals surface area contributed by atoms with Crippen LogP contribution in [-0.2, 0) is 5.75 Å². The highest BCUT2D eigenvalue weighted by molar-refractivity contribution is 14.1. The summed E-state index contributed by atoms with van der Waals surface area (Å²) in [6.45, 7) is 7.59. The molecule has 1 heterocycles. The van der Waals surface area contributed by atoms with Crippen LogP contribution in [0.4, 0.5) is 5.82 Å². The van der Waals surface area contributed by atoms with Crippen LogP contribution >= 0.6 is 34.4 Å². The van der Waals surface area contributed by atoms with Crippen molar-refractivity contribution in [2.75, 3.05) is 11.9 Å². The number of nitrogens with zero attached hydrogens (tertiary/aromatic N) is 2. The highest BCUT2D eigenvalue weighted by atomic mass is 127. The van der Waals surface area contributed by atoms with Crippen molar-refractivity contribution in [1.29, 1.82) is 0 Å². The monoisotopic (exact) mass is 391 g/mol. The molecule has 1 aliphatic carbocycles. The second-order valence-electron chi connectivity index (χ2n) is 5.25. The van der Waals surface area contributed by atoms with Gasteiger partial charge in [0.1, 0.15) is 11.6 Å². The Kier molecular flexibility index (Phi) is 5.74. The third kappa shape index (κ3) is 4.48. The molecule has 0 bridgehead atoms. The third-order valence-electron chi connectivity index (χ3n) is 2.98. The lowest BCUT2D eigenvalue weighted by atomic mass is 10.2. The quantitative estimate of drug-likeness (QED) is 0.699. The molecule has 0 atom stereocenters. The van der Waals surface area contributed by atoms with Gasteiger partial charge in [0, 0.05) is 12.5 Å². The Hall–Kier alpha value is -0.0400. The second kappa shape index (κ2) is 7.11. The standard InChI is InChI=1S/C14H22IN3S/c1-4-7-16-14-12(15)13(10-5-6-10)17-11(18-14)8-19-9(2)3/h9-10H,4-8H2,1-3H3,(H,16,17,18). The largest absolute Gasteiger partial charge is 0.369 e. The molecule has 1 N–H and O–H groups in total. The van der Waals surface area contributed by atoms with Crippen molar-refractivity contribution in [2.45, 2.75) is 57.0 Å². The first-order chi connectivity index (χ1) is 9.11. The molecule has 2 rings (SSSR count). The van der Waals surface area contributed by atoms with Crippen molar-refractivity contribution in [3.63, 3.8) is 0 Å². The zero-order chi connectivity index (χ0) is 13.8. The molecule has 1 aromatic rings. The lowest BCUT2D eigenvalue weighted by Gasteiger charge is -2.13. The summed E-state index contributed by atoms with van der Waals surface area (Å²) in [6, 6.07) is 0. The second-order valence-corrected chi connectivity index (χ2v) is 7.89. The van der Waals surface area contributed by atoms with Crippen LogP contribution in [0.2, 0.25) is 0 Å². The fraction of sp³-hybridized carbons (Fsp3) is 0.714. The van der Waals surface area contributed by atoms with Crippen LogP contribution in [0.1, 0.15) is 57.5 Å². The molecular weight excluding hydrogens is 369 g/mol. The van der Waals surface area contributed by atoms with E-state index in [1.165, 1.54) is 22.1 Å². The van der Waals surface area contributed by atoms with Crippen molar-refractivity contribution >= 4 is 40.2 Å². The Morgan fingerprint density at radius 3 is 2.68 bits per heavy atom. The van der Waals surface area contributed by atoms with Gasteiger partial charge in [0.05, 0.1) is 15.0 Å². The number of halogens is 1. The molecule has 0 spiro atoms. The van der Waals surface area contributed by atoms with E-state index in [4.69, 9.17) is 9.97 Å². The van der Waals surface area contributed by atoms with E-state index in [-0.39, 0.29) is 0 Å². The predicted molar refractivity (Wildman–Crippen MR) is 91.9 cm³/mol. The van der Waals surface area contributed by atoms with Crippen LogP contribution in [-0.4, -0.2) is 21.8 Å². The summed E-state index contributed by atoms with van der Waals surface area (Å²) < 4.78 is 1.23. The van der Waals surface area contributed by atoms with Gasteiger partial charge in [-0.25, -0.2) is 9.97 Å². The molecule has 0 radical (unpaired) electrons. The zero-order valence-electron chi connectivity index (χ0n) is 11.9. The average Bonchev–Trinajstić information content (AvgIpc) is 3.20. The number of nitrogens with one attached hydrogen (secondary N) is 1. The normalized spacial score (nSPS) is 15.0. The van der Waals surface area contributed by atoms with Crippen molar-refractivity contribution in [2.24, 2.45) is 0 Å². The molecule has 0 aromatic carbocycles. The fourth-order valence-corrected chi connectivity index (χ4v) is 3.29. The summed E-state index contributed by atoms with van der Waals surface area (Å²) in [6.07, 6.45) is 3.70. The molecule has 0 unspecified atom stereocenters. The number of anilines is 1. The van der Waals surface area contributed by atoms with Crippen LogP contribution in [0.5, 0.6) is 0 Å². The van der Waals surface area contributed by atoms with Gasteiger partial charge in [0.25, 0.3) is 0 Å². The number of thioether (sulfide) groups is 1. The van der Waals surface area contributed by atoms with E-state index in [1.54, 1.807) is 0 Å². The Morgan fingerprint density at radius 2 is 2.11 bits per heavy atom. The van der Waals surface area contributed by atoms with Gasteiger partial charge in [-0.15, -0.1) is 0 Å². The Bertz CT molecular complexity index is 433. The summed E-state index contributed by atoms with van der Waals surface area (Å²) >= 11 is 4.31. The van der Waals surface area contributed by atoms with Gasteiger partial charge in [-0.2, -0.15) is 11.8 Å². The zero-order valence-corrected chi connectivity index (χ0v) is 14.8. The molecule has 1 aliphatic rings. The highest BCUT2D eigenvalue weighted by Crippen LogP contribution is 2.42. The van der Waals surface area contributed by atoms with Crippen molar-refractivity contribution in [3.8, 4) is 0 Å². The first-order valence-electron chi connectivity index (χ1n) is 7.03. The molecular formula is C14H22IN3S. The minimum atomic E-state index is 0.624. The maximum atomic E-state index is 4.80. The van der Waals surface area contributed by atoms with Crippen molar-refractivity contribution < 1.29 is 0 Å². The van der Waals surface area contributed by atoms with Crippen LogP contribution < -0.4 is 5.32 Å². The maximum Gasteiger partial charge on any atom is 0.143 e. The molecule has 3 nitrogen and oxygen atoms in total. The summed E-state index contributed by atoms with van der Waals surface area (Å²) in [5.41, 5.74) is 1.27. The Labute approximate surface area is 133 Å². The van der Waals surface area contributed by atoms with Crippen molar-refractivity contribution in [3.05, 3.63) is 15.1 Å². The number of aromatic nitrogens is 2. The number of hydrogen-bond donors (Lipinski definition) is 1. The van der Waals surface area contributed by atoms with Gasteiger partial charge >= 0.3 is 0 Å². The molecule has 0 amide bonds. The van der Waals surface area contributed by atoms with E-state index in [1.807, 2.05) is 11.8 Å². The van der Waals surface area contributed by atoms with E-state index in [9.17, 15) is 0 Å². The summed E-state index contributed by atoms with van der Waals surface area (Å²) in [4.78, 5) is 9.50. The number of rotatable bonds is 7. The molecule has 5 heteroatoms. The fourth-order valence-electron chi connectivity index (χ4n) is 1.81. The van der Waals surface area contributed by atoms with Gasteiger partial charge in [-0.1, -0.05) is 20.8 Å². The lowest BCUT2D eigenvalue weighted by molar-refractivity contribution is 0.899. The topological polar surface area (TPSA) is 37.8 Å². The van der Waals surface area contributed by atoms with Gasteiger partial charge in [-0.05, 0) is 47.1 Å². The van der Waals surface area contributed by atoms with Gasteiger partial charge < -0.3 is 5.32 Å². The smallest absolute Gasteiger partial charge is 0.143 e. The van der Waals surface area contributed by atoms with Crippen molar-refractivity contribution in [1.82, 2.24) is 9.97 Å². The summed E-state index contributed by atoms with van der Waals surface area (Å²) in [7, 11) is 0. The molecule has 1 fully saturated rings. The van der Waals surface area contributed by atoms with Crippen LogP contribution in [0.3, 0.4) is 0 Å². The molecule has 1 saturated carbocycles. The highest BCUT2D eigenvalue weighted by Gasteiger charge is 2.29. The molecule has 106 valence electrons. The Morgan fingerprint density at radius 1 is 1.37 bits per heavy atom. The molecule has 0 aliphatic heterocycles. The average molecular weight is 391 g/mol. The SMILES string of the molecule is CCCNc1nc(CSC(C)C)nc(C2CC2)c1I. The molecule has 19 heavy (non-hydrogen) atoms. The Balaban J connectivity index is 2.20. The van der Waals surface area contributed by atoms with Gasteiger partial charge in [0.15, 0.2) is 0 Å². The van der Waals surface area contributed by atoms with Crippen LogP contribution in [0, 0.1) is 3.57 Å². The molecule has 0 saturated heterocycles. The minimum absolute atomic E-state index is 0.624. The van der Waals surface area contributed by atoms with E-state index in [0.29, 0.717) is 11.2 Å². The van der Waals surface area contributed by atoms with Gasteiger partial charge in [-0.3, -0.25) is 0 Å². The third-order valence-corrected chi connectivity index (χ3v) is 5.13. The lowest BCUT2D eigenvalue weighted by Crippen LogP contribution is -2.10. The van der Waals surface area contributed by atoms with Gasteiger partial charge in [0.2, 0.25) is 0 Å². The first kappa shape index (κ1) is 15.4. The summed E-state index contributed by atoms with van der Waals surface area (Å²) in [5, 5.41) is 4.07. The predicted octanol–water partition coefficient (Wildman–Crippen LogP) is 4.42. The number of hydrogen-bond acceptors (Lipinski definition) is 4.